The second kappa shape index (κ2) is 8.45. The molecule has 2 aromatic heterocycles. The molecular formula is C20H25N7O. The van der Waals surface area contributed by atoms with Gasteiger partial charge in [0.15, 0.2) is 0 Å². The Bertz CT molecular complexity index is 911. The number of rotatable bonds is 6. The maximum atomic E-state index is 9.61. The third kappa shape index (κ3) is 4.35. The van der Waals surface area contributed by atoms with Crippen LogP contribution in [0.3, 0.4) is 0 Å². The molecule has 1 unspecified atom stereocenters. The highest BCUT2D eigenvalue weighted by Gasteiger charge is 2.20. The largest absolute Gasteiger partial charge is 0.392 e. The number of piperazine rings is 1. The van der Waals surface area contributed by atoms with Crippen molar-refractivity contribution in [2.75, 3.05) is 42.9 Å². The van der Waals surface area contributed by atoms with Gasteiger partial charge in [-0.1, -0.05) is 12.1 Å². The number of hydrogen-bond acceptors (Lipinski definition) is 8. The van der Waals surface area contributed by atoms with Crippen LogP contribution < -0.4 is 10.2 Å². The topological polar surface area (TPSA) is 90.3 Å². The van der Waals surface area contributed by atoms with E-state index in [1.54, 1.807) is 19.3 Å². The normalized spacial score (nSPS) is 16.3. The van der Waals surface area contributed by atoms with Crippen molar-refractivity contribution in [1.29, 1.82) is 0 Å². The number of benzene rings is 1. The van der Waals surface area contributed by atoms with E-state index in [1.807, 2.05) is 30.3 Å². The number of hydrogen-bond donors (Lipinski definition) is 2. The van der Waals surface area contributed by atoms with E-state index < -0.39 is 6.10 Å². The maximum Gasteiger partial charge on any atom is 0.225 e. The van der Waals surface area contributed by atoms with Crippen molar-refractivity contribution in [1.82, 2.24) is 24.8 Å². The summed E-state index contributed by atoms with van der Waals surface area (Å²) in [6.45, 7) is 6.48. The Labute approximate surface area is 164 Å². The third-order valence-corrected chi connectivity index (χ3v) is 4.79. The maximum absolute atomic E-state index is 9.61. The molecule has 1 atom stereocenters. The number of anilines is 2. The molecule has 0 aliphatic carbocycles. The lowest BCUT2D eigenvalue weighted by atomic mass is 10.2. The van der Waals surface area contributed by atoms with Gasteiger partial charge in [0.1, 0.15) is 11.6 Å². The van der Waals surface area contributed by atoms with Crippen LogP contribution in [0.15, 0.2) is 42.7 Å². The van der Waals surface area contributed by atoms with Gasteiger partial charge in [-0.05, 0) is 25.1 Å². The zero-order valence-corrected chi connectivity index (χ0v) is 16.0. The summed E-state index contributed by atoms with van der Waals surface area (Å²) in [6.07, 6.45) is 3.11. The van der Waals surface area contributed by atoms with Crippen molar-refractivity contribution >= 4 is 22.7 Å². The van der Waals surface area contributed by atoms with Crippen LogP contribution in [0.2, 0.25) is 0 Å². The van der Waals surface area contributed by atoms with Gasteiger partial charge in [-0.25, -0.2) is 19.9 Å². The van der Waals surface area contributed by atoms with Gasteiger partial charge in [0.05, 0.1) is 18.2 Å². The van der Waals surface area contributed by atoms with Gasteiger partial charge < -0.3 is 15.3 Å². The van der Waals surface area contributed by atoms with Crippen molar-refractivity contribution < 1.29 is 5.11 Å². The van der Waals surface area contributed by atoms with Crippen LogP contribution in [-0.4, -0.2) is 68.8 Å². The quantitative estimate of drug-likeness (QED) is 0.667. The lowest BCUT2D eigenvalue weighted by Crippen LogP contribution is -2.46. The molecule has 1 fully saturated rings. The minimum atomic E-state index is -0.439. The van der Waals surface area contributed by atoms with Crippen LogP contribution in [0.5, 0.6) is 0 Å². The van der Waals surface area contributed by atoms with Crippen molar-refractivity contribution in [3.8, 4) is 0 Å². The Balaban J connectivity index is 1.46. The minimum Gasteiger partial charge on any atom is -0.392 e. The molecule has 8 nitrogen and oxygen atoms in total. The van der Waals surface area contributed by atoms with Gasteiger partial charge in [-0.3, -0.25) is 4.90 Å². The summed E-state index contributed by atoms with van der Waals surface area (Å²) in [4.78, 5) is 22.7. The zero-order valence-electron chi connectivity index (χ0n) is 16.0. The van der Waals surface area contributed by atoms with Crippen LogP contribution in [0.4, 0.5) is 11.8 Å². The predicted molar refractivity (Wildman–Crippen MR) is 109 cm³/mol. The highest BCUT2D eigenvalue weighted by molar-refractivity contribution is 5.88. The van der Waals surface area contributed by atoms with E-state index in [9.17, 15) is 5.11 Å². The number of para-hydroxylation sites is 1. The van der Waals surface area contributed by atoms with Crippen molar-refractivity contribution in [2.45, 2.75) is 19.6 Å². The molecule has 3 aromatic rings. The summed E-state index contributed by atoms with van der Waals surface area (Å²) in [5.74, 6) is 2.35. The lowest BCUT2D eigenvalue weighted by molar-refractivity contribution is 0.208. The summed E-state index contributed by atoms with van der Waals surface area (Å²) in [6, 6.07) is 9.79. The Morgan fingerprint density at radius 1 is 1.04 bits per heavy atom. The molecule has 0 bridgehead atoms. The minimum absolute atomic E-state index is 0.439. The summed E-state index contributed by atoms with van der Waals surface area (Å²) >= 11 is 0. The van der Waals surface area contributed by atoms with E-state index in [4.69, 9.17) is 9.97 Å². The number of aliphatic hydroxyl groups is 1. The molecule has 0 saturated carbocycles. The van der Waals surface area contributed by atoms with E-state index in [2.05, 4.69) is 25.1 Å². The first-order chi connectivity index (χ1) is 13.7. The fourth-order valence-corrected chi connectivity index (χ4v) is 3.34. The van der Waals surface area contributed by atoms with E-state index in [0.717, 1.165) is 54.7 Å². The zero-order chi connectivity index (χ0) is 19.3. The molecule has 1 saturated heterocycles. The van der Waals surface area contributed by atoms with Gasteiger partial charge >= 0.3 is 0 Å². The van der Waals surface area contributed by atoms with Crippen LogP contribution in [-0.2, 0) is 6.54 Å². The van der Waals surface area contributed by atoms with Crippen LogP contribution >= 0.6 is 0 Å². The standard InChI is InChI=1S/C20H25N7O/c1-15(28)13-23-19-16-5-2-3-6-17(16)24-18(25-19)14-26-9-11-27(12-10-26)20-21-7-4-8-22-20/h2-8,15,28H,9-14H2,1H3,(H,23,24,25). The Morgan fingerprint density at radius 3 is 2.54 bits per heavy atom. The molecule has 1 aromatic carbocycles. The average Bonchev–Trinajstić information content (AvgIpc) is 2.73. The summed E-state index contributed by atoms with van der Waals surface area (Å²) in [7, 11) is 0. The molecule has 0 spiro atoms. The first-order valence-electron chi connectivity index (χ1n) is 9.61. The van der Waals surface area contributed by atoms with Crippen LogP contribution in [0.1, 0.15) is 12.7 Å². The van der Waals surface area contributed by atoms with E-state index in [1.165, 1.54) is 0 Å². The number of aliphatic hydroxyl groups excluding tert-OH is 1. The highest BCUT2D eigenvalue weighted by atomic mass is 16.3. The van der Waals surface area contributed by atoms with Crippen molar-refractivity contribution in [3.63, 3.8) is 0 Å². The fraction of sp³-hybridized carbons (Fsp3) is 0.400. The number of aromatic nitrogens is 4. The van der Waals surface area contributed by atoms with Crippen LogP contribution in [0.25, 0.3) is 10.9 Å². The molecule has 3 heterocycles. The monoisotopic (exact) mass is 379 g/mol. The van der Waals surface area contributed by atoms with E-state index >= 15 is 0 Å². The summed E-state index contributed by atoms with van der Waals surface area (Å²) in [5.41, 5.74) is 0.914. The van der Waals surface area contributed by atoms with Crippen molar-refractivity contribution in [2.24, 2.45) is 0 Å². The lowest BCUT2D eigenvalue weighted by Gasteiger charge is -2.34. The van der Waals surface area contributed by atoms with Gasteiger partial charge in [0, 0.05) is 50.5 Å². The smallest absolute Gasteiger partial charge is 0.225 e. The first kappa shape index (κ1) is 18.5. The summed E-state index contributed by atoms with van der Waals surface area (Å²) in [5, 5.41) is 13.8. The summed E-state index contributed by atoms with van der Waals surface area (Å²) < 4.78 is 0. The Kier molecular flexibility index (Phi) is 5.59. The fourth-order valence-electron chi connectivity index (χ4n) is 3.34. The Morgan fingerprint density at radius 2 is 1.79 bits per heavy atom. The van der Waals surface area contributed by atoms with Crippen LogP contribution in [0, 0.1) is 0 Å². The molecule has 1 aliphatic heterocycles. The molecule has 8 heteroatoms. The Hall–Kier alpha value is -2.84. The molecular weight excluding hydrogens is 354 g/mol. The SMILES string of the molecule is CC(O)CNc1nc(CN2CCN(c3ncccn3)CC2)nc2ccccc12. The number of fused-ring (bicyclic) bond motifs is 1. The molecule has 0 amide bonds. The predicted octanol–water partition coefficient (Wildman–Crippen LogP) is 1.53. The molecule has 2 N–H and O–H groups in total. The second-order valence-corrected chi connectivity index (χ2v) is 7.05. The number of nitrogens with one attached hydrogen (secondary N) is 1. The molecule has 28 heavy (non-hydrogen) atoms. The molecule has 1 aliphatic rings. The average molecular weight is 379 g/mol. The van der Waals surface area contributed by atoms with E-state index in [0.29, 0.717) is 13.1 Å². The highest BCUT2D eigenvalue weighted by Crippen LogP contribution is 2.21. The molecule has 4 rings (SSSR count). The van der Waals surface area contributed by atoms with E-state index in [-0.39, 0.29) is 0 Å². The number of nitrogens with zero attached hydrogens (tertiary/aromatic N) is 6. The van der Waals surface area contributed by atoms with Crippen molar-refractivity contribution in [3.05, 3.63) is 48.5 Å². The second-order valence-electron chi connectivity index (χ2n) is 7.05. The first-order valence-corrected chi connectivity index (χ1v) is 9.61. The van der Waals surface area contributed by atoms with Gasteiger partial charge in [-0.2, -0.15) is 0 Å². The third-order valence-electron chi connectivity index (χ3n) is 4.79. The van der Waals surface area contributed by atoms with Gasteiger partial charge in [0.2, 0.25) is 5.95 Å². The molecule has 146 valence electrons. The van der Waals surface area contributed by atoms with Gasteiger partial charge in [-0.15, -0.1) is 0 Å². The molecule has 0 radical (unpaired) electrons. The van der Waals surface area contributed by atoms with Gasteiger partial charge in [0.25, 0.3) is 0 Å².